The van der Waals surface area contributed by atoms with E-state index in [-0.39, 0.29) is 16.7 Å². The highest BCUT2D eigenvalue weighted by atomic mass is 32.2. The van der Waals surface area contributed by atoms with E-state index in [0.717, 1.165) is 12.1 Å². The highest BCUT2D eigenvalue weighted by Crippen LogP contribution is 2.30. The Labute approximate surface area is 126 Å². The van der Waals surface area contributed by atoms with Gasteiger partial charge in [-0.05, 0) is 25.0 Å². The number of aromatic amines is 1. The number of carbonyl (C=O) groups is 1. The summed E-state index contributed by atoms with van der Waals surface area (Å²) in [5.41, 5.74) is 1.98. The second-order valence-corrected chi connectivity index (χ2v) is 6.20. The molecule has 1 N–H and O–H groups in total. The van der Waals surface area contributed by atoms with Crippen molar-refractivity contribution in [3.05, 3.63) is 52.4 Å². The second kappa shape index (κ2) is 5.73. The summed E-state index contributed by atoms with van der Waals surface area (Å²) in [6, 6.07) is 9.31. The van der Waals surface area contributed by atoms with Crippen LogP contribution in [0, 0.1) is 0 Å². The minimum atomic E-state index is -0.304. The first kappa shape index (κ1) is 13.9. The normalized spacial score (nSPS) is 14.8. The number of benzene rings is 1. The molecule has 1 aliphatic heterocycles. The minimum absolute atomic E-state index is 0.0384. The van der Waals surface area contributed by atoms with Crippen molar-refractivity contribution in [1.29, 1.82) is 0 Å². The highest BCUT2D eigenvalue weighted by Gasteiger charge is 2.28. The van der Waals surface area contributed by atoms with Crippen LogP contribution in [-0.4, -0.2) is 27.7 Å². The van der Waals surface area contributed by atoms with Crippen molar-refractivity contribution in [1.82, 2.24) is 9.97 Å². The molecule has 0 fully saturated rings. The SMILES string of the molecule is C[C@@H](Sc1nccc(=O)[nH]1)C(=O)N1CCc2ccccc21. The Morgan fingerprint density at radius 2 is 2.19 bits per heavy atom. The molecule has 2 heterocycles. The van der Waals surface area contributed by atoms with E-state index in [4.69, 9.17) is 0 Å². The van der Waals surface area contributed by atoms with E-state index >= 15 is 0 Å². The molecular formula is C15H15N3O2S. The predicted octanol–water partition coefficient (Wildman–Crippen LogP) is 1.84. The van der Waals surface area contributed by atoms with Gasteiger partial charge in [0.25, 0.3) is 5.56 Å². The van der Waals surface area contributed by atoms with E-state index in [1.54, 1.807) is 0 Å². The van der Waals surface area contributed by atoms with Crippen LogP contribution in [0.15, 0.2) is 46.5 Å². The molecule has 0 saturated carbocycles. The van der Waals surface area contributed by atoms with E-state index in [9.17, 15) is 9.59 Å². The molecule has 0 saturated heterocycles. The summed E-state index contributed by atoms with van der Waals surface area (Å²) in [7, 11) is 0. The van der Waals surface area contributed by atoms with Crippen LogP contribution in [0.2, 0.25) is 0 Å². The van der Waals surface area contributed by atoms with E-state index in [1.165, 1.54) is 29.6 Å². The number of para-hydroxylation sites is 1. The lowest BCUT2D eigenvalue weighted by atomic mass is 10.2. The monoisotopic (exact) mass is 301 g/mol. The fraction of sp³-hybridized carbons (Fsp3) is 0.267. The van der Waals surface area contributed by atoms with Crippen molar-refractivity contribution >= 4 is 23.4 Å². The molecule has 1 aromatic heterocycles. The van der Waals surface area contributed by atoms with Gasteiger partial charge in [0, 0.05) is 24.5 Å². The Hall–Kier alpha value is -2.08. The van der Waals surface area contributed by atoms with Crippen LogP contribution >= 0.6 is 11.8 Å². The topological polar surface area (TPSA) is 66.1 Å². The quantitative estimate of drug-likeness (QED) is 0.694. The maximum Gasteiger partial charge on any atom is 0.251 e. The average molecular weight is 301 g/mol. The van der Waals surface area contributed by atoms with E-state index in [2.05, 4.69) is 16.0 Å². The van der Waals surface area contributed by atoms with Crippen LogP contribution in [-0.2, 0) is 11.2 Å². The number of thioether (sulfide) groups is 1. The summed E-state index contributed by atoms with van der Waals surface area (Å²) >= 11 is 1.27. The summed E-state index contributed by atoms with van der Waals surface area (Å²) < 4.78 is 0. The number of aromatic nitrogens is 2. The standard InChI is InChI=1S/C15H15N3O2S/c1-10(21-15-16-8-6-13(19)17-15)14(20)18-9-7-11-4-2-3-5-12(11)18/h2-6,8,10H,7,9H2,1H3,(H,16,17,19)/t10-/m1/s1. The van der Waals surface area contributed by atoms with Crippen LogP contribution in [0.5, 0.6) is 0 Å². The molecule has 2 aromatic rings. The first-order chi connectivity index (χ1) is 10.1. The minimum Gasteiger partial charge on any atom is -0.311 e. The predicted molar refractivity (Wildman–Crippen MR) is 82.7 cm³/mol. The van der Waals surface area contributed by atoms with Crippen LogP contribution in [0.4, 0.5) is 5.69 Å². The van der Waals surface area contributed by atoms with Gasteiger partial charge in [-0.2, -0.15) is 0 Å². The average Bonchev–Trinajstić information content (AvgIpc) is 2.90. The molecule has 0 bridgehead atoms. The number of carbonyl (C=O) groups excluding carboxylic acids is 1. The fourth-order valence-electron chi connectivity index (χ4n) is 2.42. The zero-order valence-electron chi connectivity index (χ0n) is 11.6. The van der Waals surface area contributed by atoms with Crippen molar-refractivity contribution in [3.8, 4) is 0 Å². The van der Waals surface area contributed by atoms with E-state index in [1.807, 2.05) is 30.0 Å². The third-order valence-electron chi connectivity index (χ3n) is 3.44. The number of hydrogen-bond donors (Lipinski definition) is 1. The van der Waals surface area contributed by atoms with Crippen molar-refractivity contribution < 1.29 is 4.79 Å². The number of amides is 1. The summed E-state index contributed by atoms with van der Waals surface area (Å²) in [6.45, 7) is 2.54. The van der Waals surface area contributed by atoms with Gasteiger partial charge in [0.15, 0.2) is 5.16 Å². The molecule has 1 aliphatic rings. The molecule has 21 heavy (non-hydrogen) atoms. The Bertz CT molecular complexity index is 729. The molecule has 0 unspecified atom stereocenters. The zero-order valence-corrected chi connectivity index (χ0v) is 12.4. The third-order valence-corrected chi connectivity index (χ3v) is 4.42. The molecule has 6 heteroatoms. The summed E-state index contributed by atoms with van der Waals surface area (Å²) in [4.78, 5) is 32.4. The molecular weight excluding hydrogens is 286 g/mol. The van der Waals surface area contributed by atoms with Crippen LogP contribution in [0.3, 0.4) is 0 Å². The number of hydrogen-bond acceptors (Lipinski definition) is 4. The highest BCUT2D eigenvalue weighted by molar-refractivity contribution is 8.00. The third kappa shape index (κ3) is 2.85. The summed E-state index contributed by atoms with van der Waals surface area (Å²) in [5.74, 6) is 0.0384. The van der Waals surface area contributed by atoms with E-state index in [0.29, 0.717) is 11.7 Å². The number of anilines is 1. The Morgan fingerprint density at radius 3 is 3.00 bits per heavy atom. The van der Waals surface area contributed by atoms with Crippen molar-refractivity contribution in [2.45, 2.75) is 23.8 Å². The molecule has 0 aliphatic carbocycles. The maximum atomic E-state index is 12.6. The van der Waals surface area contributed by atoms with E-state index < -0.39 is 0 Å². The maximum absolute atomic E-state index is 12.6. The Kier molecular flexibility index (Phi) is 3.79. The first-order valence-corrected chi connectivity index (χ1v) is 7.64. The fourth-order valence-corrected chi connectivity index (χ4v) is 3.26. The van der Waals surface area contributed by atoms with Gasteiger partial charge in [-0.25, -0.2) is 4.98 Å². The molecule has 3 rings (SSSR count). The number of fused-ring (bicyclic) bond motifs is 1. The molecule has 1 amide bonds. The zero-order chi connectivity index (χ0) is 14.8. The molecule has 5 nitrogen and oxygen atoms in total. The molecule has 1 atom stereocenters. The van der Waals surface area contributed by atoms with Gasteiger partial charge < -0.3 is 9.88 Å². The van der Waals surface area contributed by atoms with Crippen molar-refractivity contribution in [3.63, 3.8) is 0 Å². The van der Waals surface area contributed by atoms with Gasteiger partial charge in [-0.1, -0.05) is 30.0 Å². The van der Waals surface area contributed by atoms with Crippen molar-refractivity contribution in [2.24, 2.45) is 0 Å². The summed E-state index contributed by atoms with van der Waals surface area (Å²) in [5, 5.41) is 0.164. The van der Waals surface area contributed by atoms with Gasteiger partial charge >= 0.3 is 0 Å². The largest absolute Gasteiger partial charge is 0.311 e. The Balaban J connectivity index is 1.75. The van der Waals surface area contributed by atoms with Crippen LogP contribution < -0.4 is 10.5 Å². The lowest BCUT2D eigenvalue weighted by Crippen LogP contribution is -2.35. The van der Waals surface area contributed by atoms with Crippen LogP contribution in [0.1, 0.15) is 12.5 Å². The first-order valence-electron chi connectivity index (χ1n) is 6.76. The molecule has 1 aromatic carbocycles. The van der Waals surface area contributed by atoms with Gasteiger partial charge in [0.05, 0.1) is 5.25 Å². The molecule has 0 radical (unpaired) electrons. The summed E-state index contributed by atoms with van der Waals surface area (Å²) in [6.07, 6.45) is 2.34. The second-order valence-electron chi connectivity index (χ2n) is 4.87. The number of nitrogens with zero attached hydrogens (tertiary/aromatic N) is 2. The van der Waals surface area contributed by atoms with Crippen molar-refractivity contribution in [2.75, 3.05) is 11.4 Å². The lowest BCUT2D eigenvalue weighted by molar-refractivity contribution is -0.117. The Morgan fingerprint density at radius 1 is 1.38 bits per heavy atom. The molecule has 0 spiro atoms. The van der Waals surface area contributed by atoms with Gasteiger partial charge in [0.1, 0.15) is 0 Å². The van der Waals surface area contributed by atoms with Gasteiger partial charge in [0.2, 0.25) is 5.91 Å². The van der Waals surface area contributed by atoms with Gasteiger partial charge in [-0.3, -0.25) is 9.59 Å². The lowest BCUT2D eigenvalue weighted by Gasteiger charge is -2.20. The number of H-pyrrole nitrogens is 1. The van der Waals surface area contributed by atoms with Crippen LogP contribution in [0.25, 0.3) is 0 Å². The van der Waals surface area contributed by atoms with Gasteiger partial charge in [-0.15, -0.1) is 0 Å². The molecule has 108 valence electrons. The number of nitrogens with one attached hydrogen (secondary N) is 1. The number of rotatable bonds is 3. The smallest absolute Gasteiger partial charge is 0.251 e.